The van der Waals surface area contributed by atoms with Crippen LogP contribution >= 0.6 is 11.6 Å². The van der Waals surface area contributed by atoms with Crippen LogP contribution in [-0.4, -0.2) is 77.0 Å². The van der Waals surface area contributed by atoms with Crippen LogP contribution in [-0.2, 0) is 20.8 Å². The number of aliphatic hydroxyl groups excluding tert-OH is 3. The van der Waals surface area contributed by atoms with Crippen molar-refractivity contribution in [1.82, 2.24) is 5.32 Å². The summed E-state index contributed by atoms with van der Waals surface area (Å²) in [5.74, 6) is -0.426. The number of esters is 1. The number of nitrogens with one attached hydrogen (secondary N) is 1. The lowest BCUT2D eigenvalue weighted by Crippen LogP contribution is -2.40. The summed E-state index contributed by atoms with van der Waals surface area (Å²) >= 11 is 5.96. The van der Waals surface area contributed by atoms with E-state index in [-0.39, 0.29) is 49.5 Å². The van der Waals surface area contributed by atoms with Crippen LogP contribution in [0.25, 0.3) is 0 Å². The molecule has 2 aromatic rings. The van der Waals surface area contributed by atoms with Crippen LogP contribution in [0.15, 0.2) is 66.8 Å². The van der Waals surface area contributed by atoms with Crippen molar-refractivity contribution < 1.29 is 49.0 Å². The number of halogens is 1. The predicted molar refractivity (Wildman–Crippen MR) is 185 cm³/mol. The maximum atomic E-state index is 12.7. The minimum absolute atomic E-state index is 0.0129. The number of ether oxygens (including phenoxy) is 3. The summed E-state index contributed by atoms with van der Waals surface area (Å²) in [4.78, 5) is 39.7. The minimum atomic E-state index is -0.908. The summed E-state index contributed by atoms with van der Waals surface area (Å²) < 4.78 is 16.4. The second-order valence-corrected chi connectivity index (χ2v) is 12.6. The van der Waals surface area contributed by atoms with Gasteiger partial charge in [0.25, 0.3) is 5.09 Å². The van der Waals surface area contributed by atoms with Crippen LogP contribution in [0.3, 0.4) is 0 Å². The number of aryl methyl sites for hydroxylation is 1. The second kappa shape index (κ2) is 21.1. The number of methoxy groups -OCH3 is 1. The normalized spacial score (nSPS) is 20.0. The van der Waals surface area contributed by atoms with Crippen molar-refractivity contribution in [3.8, 4) is 17.2 Å². The van der Waals surface area contributed by atoms with Gasteiger partial charge in [0.15, 0.2) is 11.5 Å². The maximum Gasteiger partial charge on any atom is 0.333 e. The second-order valence-electron chi connectivity index (χ2n) is 12.1. The molecule has 1 amide bonds. The highest BCUT2D eigenvalue weighted by molar-refractivity contribution is 6.30. The van der Waals surface area contributed by atoms with Gasteiger partial charge in [-0.25, -0.2) is 4.79 Å². The molecule has 14 heteroatoms. The molecule has 1 unspecified atom stereocenters. The molecule has 3 rings (SSSR count). The standard InChI is InChI=1S/C36H47ClN2O11/c1-24(36(44)50-33-18-15-25(20-34(33)47-2)10-7-8-19-49-39(45)46)38-35(43)14-6-4-3-5-13-29-30(32(42)22-31(29)41)17-16-27(40)23-48-28-12-9-11-26(37)21-28/h3,5,9,11-12,15-18,20-21,24,27,29-32,40-42H,4,6-8,10,13-14,19,22-23H2,1-2H3,(H,38,43)/b5-3-,17-16+/t24?,27-,29-,30-,31+,32-/m1/s1. The highest BCUT2D eigenvalue weighted by Crippen LogP contribution is 2.36. The Labute approximate surface area is 296 Å². The number of unbranched alkanes of at least 4 members (excludes halogenated alkanes) is 2. The smallest absolute Gasteiger partial charge is 0.333 e. The molecule has 2 aromatic carbocycles. The average molecular weight is 719 g/mol. The van der Waals surface area contributed by atoms with Crippen molar-refractivity contribution >= 4 is 23.5 Å². The molecule has 13 nitrogen and oxygen atoms in total. The van der Waals surface area contributed by atoms with Gasteiger partial charge in [-0.1, -0.05) is 48.0 Å². The molecule has 4 N–H and O–H groups in total. The number of aliphatic hydroxyl groups is 3. The van der Waals surface area contributed by atoms with Gasteiger partial charge in [-0.15, -0.1) is 10.1 Å². The zero-order chi connectivity index (χ0) is 36.5. The highest BCUT2D eigenvalue weighted by Gasteiger charge is 2.39. The van der Waals surface area contributed by atoms with Crippen molar-refractivity contribution in [1.29, 1.82) is 0 Å². The summed E-state index contributed by atoms with van der Waals surface area (Å²) in [5.41, 5.74) is 0.902. The Morgan fingerprint density at radius 3 is 2.64 bits per heavy atom. The first-order chi connectivity index (χ1) is 24.0. The Kier molecular flexibility index (Phi) is 17.0. The van der Waals surface area contributed by atoms with E-state index in [4.69, 9.17) is 25.8 Å². The van der Waals surface area contributed by atoms with Gasteiger partial charge in [0.2, 0.25) is 5.91 Å². The molecule has 1 aliphatic rings. The summed E-state index contributed by atoms with van der Waals surface area (Å²) in [6.45, 7) is 1.57. The van der Waals surface area contributed by atoms with E-state index in [0.29, 0.717) is 55.0 Å². The number of rotatable bonds is 21. The molecule has 0 saturated heterocycles. The van der Waals surface area contributed by atoms with Crippen molar-refractivity contribution in [2.45, 2.75) is 82.6 Å². The van der Waals surface area contributed by atoms with Gasteiger partial charge >= 0.3 is 5.97 Å². The Balaban J connectivity index is 1.36. The number of amides is 1. The van der Waals surface area contributed by atoms with Crippen molar-refractivity contribution in [2.24, 2.45) is 11.8 Å². The summed E-state index contributed by atoms with van der Waals surface area (Å²) in [6.07, 6.45) is 8.71. The number of nitrogens with zero attached hydrogens (tertiary/aromatic N) is 1. The van der Waals surface area contributed by atoms with E-state index in [0.717, 1.165) is 5.56 Å². The third kappa shape index (κ3) is 14.0. The van der Waals surface area contributed by atoms with E-state index in [1.807, 2.05) is 12.2 Å². The van der Waals surface area contributed by atoms with Crippen LogP contribution in [0.1, 0.15) is 57.4 Å². The van der Waals surface area contributed by atoms with Crippen LogP contribution < -0.4 is 19.5 Å². The lowest BCUT2D eigenvalue weighted by molar-refractivity contribution is -0.757. The molecule has 1 saturated carbocycles. The zero-order valence-electron chi connectivity index (χ0n) is 28.3. The summed E-state index contributed by atoms with van der Waals surface area (Å²) in [7, 11) is 1.45. The molecule has 6 atom stereocenters. The van der Waals surface area contributed by atoms with E-state index in [1.165, 1.54) is 14.0 Å². The Bertz CT molecular complexity index is 1450. The van der Waals surface area contributed by atoms with E-state index in [2.05, 4.69) is 10.2 Å². The lowest BCUT2D eigenvalue weighted by Gasteiger charge is -2.19. The number of benzene rings is 2. The highest BCUT2D eigenvalue weighted by atomic mass is 35.5. The summed E-state index contributed by atoms with van der Waals surface area (Å²) in [5, 5.41) is 44.0. The molecule has 0 aromatic heterocycles. The monoisotopic (exact) mass is 718 g/mol. The molecule has 50 heavy (non-hydrogen) atoms. The van der Waals surface area contributed by atoms with Gasteiger partial charge in [-0.2, -0.15) is 0 Å². The van der Waals surface area contributed by atoms with Gasteiger partial charge in [0, 0.05) is 23.8 Å². The fourth-order valence-corrected chi connectivity index (χ4v) is 5.78. The van der Waals surface area contributed by atoms with Gasteiger partial charge < -0.3 is 39.7 Å². The van der Waals surface area contributed by atoms with Crippen molar-refractivity contribution in [3.63, 3.8) is 0 Å². The number of carbonyl (C=O) groups excluding carboxylic acids is 2. The van der Waals surface area contributed by atoms with Crippen LogP contribution in [0, 0.1) is 22.0 Å². The van der Waals surface area contributed by atoms with E-state index in [9.17, 15) is 35.0 Å². The van der Waals surface area contributed by atoms with Crippen LogP contribution in [0.5, 0.6) is 17.2 Å². The Morgan fingerprint density at radius 1 is 1.10 bits per heavy atom. The number of hydrogen-bond donors (Lipinski definition) is 4. The molecule has 274 valence electrons. The SMILES string of the molecule is COc1cc(CCCCO[N+](=O)[O-])ccc1OC(=O)C(C)NC(=O)CCC/C=C\C[C@@H]1[C@@H](/C=C/[C@@H](O)COc2cccc(Cl)c2)[C@H](O)C[C@@H]1O. The topological polar surface area (TPSA) is 187 Å². The zero-order valence-corrected chi connectivity index (χ0v) is 29.1. The number of carbonyl (C=O) groups is 2. The molecule has 1 fully saturated rings. The quantitative estimate of drug-likeness (QED) is 0.0348. The molecule has 0 aliphatic heterocycles. The van der Waals surface area contributed by atoms with Gasteiger partial charge in [-0.05, 0) is 87.3 Å². The van der Waals surface area contributed by atoms with Gasteiger partial charge in [-0.3, -0.25) is 4.79 Å². The lowest BCUT2D eigenvalue weighted by atomic mass is 9.89. The fraction of sp³-hybridized carbons (Fsp3) is 0.500. The van der Waals surface area contributed by atoms with Crippen molar-refractivity contribution in [2.75, 3.05) is 20.3 Å². The number of allylic oxidation sites excluding steroid dienone is 2. The third-order valence-corrected chi connectivity index (χ3v) is 8.50. The molecule has 0 radical (unpaired) electrons. The van der Waals surface area contributed by atoms with Crippen molar-refractivity contribution in [3.05, 3.63) is 87.5 Å². The Morgan fingerprint density at radius 2 is 1.90 bits per heavy atom. The molecule has 0 bridgehead atoms. The number of hydrogen-bond acceptors (Lipinski definition) is 11. The Hall–Kier alpha value is -4.17. The molecular formula is C36H47ClN2O11. The van der Waals surface area contributed by atoms with Gasteiger partial charge in [0.1, 0.15) is 24.5 Å². The van der Waals surface area contributed by atoms with E-state index < -0.39 is 35.4 Å². The predicted octanol–water partition coefficient (Wildman–Crippen LogP) is 4.76. The molecular weight excluding hydrogens is 672 g/mol. The minimum Gasteiger partial charge on any atom is -0.493 e. The molecule has 0 spiro atoms. The van der Waals surface area contributed by atoms with Gasteiger partial charge in [0.05, 0.1) is 25.9 Å². The fourth-order valence-electron chi connectivity index (χ4n) is 5.60. The summed E-state index contributed by atoms with van der Waals surface area (Å²) in [6, 6.07) is 11.1. The van der Waals surface area contributed by atoms with E-state index in [1.54, 1.807) is 54.6 Å². The van der Waals surface area contributed by atoms with Crippen LogP contribution in [0.2, 0.25) is 5.02 Å². The maximum absolute atomic E-state index is 12.7. The van der Waals surface area contributed by atoms with Crippen LogP contribution in [0.4, 0.5) is 0 Å². The third-order valence-electron chi connectivity index (χ3n) is 8.26. The largest absolute Gasteiger partial charge is 0.493 e. The first-order valence-electron chi connectivity index (χ1n) is 16.7. The average Bonchev–Trinajstić information content (AvgIpc) is 3.35. The first-order valence-corrected chi connectivity index (χ1v) is 17.1. The molecule has 0 heterocycles. The first kappa shape index (κ1) is 40.3. The molecule has 1 aliphatic carbocycles. The van der Waals surface area contributed by atoms with E-state index >= 15 is 0 Å².